The van der Waals surface area contributed by atoms with E-state index in [9.17, 15) is 4.79 Å². The van der Waals surface area contributed by atoms with Crippen molar-refractivity contribution in [1.82, 2.24) is 19.8 Å². The van der Waals surface area contributed by atoms with Gasteiger partial charge in [0, 0.05) is 43.5 Å². The lowest BCUT2D eigenvalue weighted by Gasteiger charge is -2.28. The fourth-order valence-electron chi connectivity index (χ4n) is 4.68. The predicted octanol–water partition coefficient (Wildman–Crippen LogP) is 4.06. The van der Waals surface area contributed by atoms with Crippen molar-refractivity contribution in [3.05, 3.63) is 78.0 Å². The third-order valence-corrected chi connectivity index (χ3v) is 6.13. The molecule has 2 aliphatic rings. The molecule has 0 bridgehead atoms. The smallest absolute Gasteiger partial charge is 0.251 e. The molecule has 0 aliphatic carbocycles. The average molecular weight is 386 g/mol. The molecular weight excluding hydrogens is 360 g/mol. The van der Waals surface area contributed by atoms with Crippen LogP contribution in [0.3, 0.4) is 0 Å². The Hall–Kier alpha value is -3.08. The standard InChI is InChI=1S/C24H26N4O/c29-24(28-11-4-1-5-12-28)23-16-27(14-19-13-25-17-26-19)15-22(23)21-10-6-8-18-7-2-3-9-20(18)21/h2-3,6-10,13,16-17,22H,1,4-5,11-12,14-15H2,(H,25,26). The van der Waals surface area contributed by atoms with Gasteiger partial charge in [0.15, 0.2) is 0 Å². The number of carbonyl (C=O) groups excluding carboxylic acids is 1. The number of nitrogens with zero attached hydrogens (tertiary/aromatic N) is 3. The molecule has 3 heterocycles. The number of likely N-dealkylation sites (tertiary alicyclic amines) is 1. The van der Waals surface area contributed by atoms with E-state index in [4.69, 9.17) is 0 Å². The number of carbonyl (C=O) groups is 1. The maximum Gasteiger partial charge on any atom is 0.251 e. The fourth-order valence-corrected chi connectivity index (χ4v) is 4.68. The number of piperidine rings is 1. The molecule has 148 valence electrons. The Kier molecular flexibility index (Phi) is 4.80. The van der Waals surface area contributed by atoms with E-state index in [-0.39, 0.29) is 11.8 Å². The van der Waals surface area contributed by atoms with E-state index in [0.29, 0.717) is 0 Å². The number of H-pyrrole nitrogens is 1. The number of aromatic nitrogens is 2. The Morgan fingerprint density at radius 1 is 1.07 bits per heavy atom. The summed E-state index contributed by atoms with van der Waals surface area (Å²) in [7, 11) is 0. The summed E-state index contributed by atoms with van der Waals surface area (Å²) in [6.07, 6.45) is 9.08. The number of hydrogen-bond donors (Lipinski definition) is 1. The number of imidazole rings is 1. The molecule has 1 saturated heterocycles. The molecule has 1 amide bonds. The van der Waals surface area contributed by atoms with Crippen LogP contribution in [0.1, 0.15) is 36.4 Å². The third kappa shape index (κ3) is 3.53. The van der Waals surface area contributed by atoms with Gasteiger partial charge in [-0.15, -0.1) is 0 Å². The monoisotopic (exact) mass is 386 g/mol. The molecule has 29 heavy (non-hydrogen) atoms. The maximum atomic E-state index is 13.5. The second kappa shape index (κ2) is 7.74. The lowest BCUT2D eigenvalue weighted by atomic mass is 9.88. The molecule has 5 rings (SSSR count). The van der Waals surface area contributed by atoms with Gasteiger partial charge in [-0.05, 0) is 35.6 Å². The first-order valence-corrected chi connectivity index (χ1v) is 10.5. The van der Waals surface area contributed by atoms with Crippen LogP contribution in [-0.4, -0.2) is 45.3 Å². The van der Waals surface area contributed by atoms with Crippen LogP contribution in [0, 0.1) is 0 Å². The van der Waals surface area contributed by atoms with Gasteiger partial charge in [-0.1, -0.05) is 42.5 Å². The van der Waals surface area contributed by atoms with Gasteiger partial charge in [-0.3, -0.25) is 4.79 Å². The van der Waals surface area contributed by atoms with Crippen LogP contribution in [-0.2, 0) is 11.3 Å². The van der Waals surface area contributed by atoms with E-state index in [0.717, 1.165) is 50.3 Å². The Morgan fingerprint density at radius 3 is 2.72 bits per heavy atom. The van der Waals surface area contributed by atoms with Gasteiger partial charge in [0.1, 0.15) is 0 Å². The van der Waals surface area contributed by atoms with Gasteiger partial charge in [0.2, 0.25) is 0 Å². The first kappa shape index (κ1) is 18.0. The molecule has 2 aromatic carbocycles. The number of benzene rings is 2. The molecule has 5 heteroatoms. The topological polar surface area (TPSA) is 52.2 Å². The van der Waals surface area contributed by atoms with Gasteiger partial charge in [-0.25, -0.2) is 4.98 Å². The second-order valence-electron chi connectivity index (χ2n) is 8.06. The minimum Gasteiger partial charge on any atom is -0.370 e. The van der Waals surface area contributed by atoms with E-state index in [1.165, 1.54) is 22.8 Å². The number of aromatic amines is 1. The second-order valence-corrected chi connectivity index (χ2v) is 8.06. The Morgan fingerprint density at radius 2 is 1.90 bits per heavy atom. The Bertz CT molecular complexity index is 1030. The van der Waals surface area contributed by atoms with Crippen LogP contribution in [0.4, 0.5) is 0 Å². The molecular formula is C24H26N4O. The van der Waals surface area contributed by atoms with Crippen LogP contribution in [0.2, 0.25) is 0 Å². The average Bonchev–Trinajstić information content (AvgIpc) is 3.44. The van der Waals surface area contributed by atoms with Crippen LogP contribution in [0.5, 0.6) is 0 Å². The van der Waals surface area contributed by atoms with Crippen LogP contribution < -0.4 is 0 Å². The van der Waals surface area contributed by atoms with Crippen molar-refractivity contribution in [2.24, 2.45) is 0 Å². The molecule has 1 aromatic heterocycles. The van der Waals surface area contributed by atoms with Crippen molar-refractivity contribution in [2.75, 3.05) is 19.6 Å². The van der Waals surface area contributed by atoms with E-state index >= 15 is 0 Å². The highest BCUT2D eigenvalue weighted by molar-refractivity contribution is 5.97. The van der Waals surface area contributed by atoms with E-state index in [2.05, 4.69) is 63.5 Å². The number of amides is 1. The van der Waals surface area contributed by atoms with Crippen LogP contribution in [0.15, 0.2) is 66.8 Å². The molecule has 0 saturated carbocycles. The minimum absolute atomic E-state index is 0.0819. The molecule has 2 aliphatic heterocycles. The number of fused-ring (bicyclic) bond motifs is 1. The van der Waals surface area contributed by atoms with Crippen LogP contribution in [0.25, 0.3) is 10.8 Å². The van der Waals surface area contributed by atoms with Crippen molar-refractivity contribution in [2.45, 2.75) is 31.7 Å². The molecule has 1 atom stereocenters. The maximum absolute atomic E-state index is 13.5. The molecule has 1 unspecified atom stereocenters. The quantitative estimate of drug-likeness (QED) is 0.736. The van der Waals surface area contributed by atoms with Gasteiger partial charge >= 0.3 is 0 Å². The third-order valence-electron chi connectivity index (χ3n) is 6.13. The Labute approximate surface area is 171 Å². The lowest BCUT2D eigenvalue weighted by Crippen LogP contribution is -2.37. The fraction of sp³-hybridized carbons (Fsp3) is 0.333. The normalized spacial score (nSPS) is 19.6. The van der Waals surface area contributed by atoms with Crippen molar-refractivity contribution in [1.29, 1.82) is 0 Å². The lowest BCUT2D eigenvalue weighted by molar-refractivity contribution is -0.128. The summed E-state index contributed by atoms with van der Waals surface area (Å²) in [5.41, 5.74) is 3.22. The first-order chi connectivity index (χ1) is 14.3. The van der Waals surface area contributed by atoms with E-state index in [1.807, 2.05) is 11.1 Å². The molecule has 0 spiro atoms. The summed E-state index contributed by atoms with van der Waals surface area (Å²) in [4.78, 5) is 25.1. The van der Waals surface area contributed by atoms with E-state index in [1.54, 1.807) is 6.33 Å². The van der Waals surface area contributed by atoms with Gasteiger partial charge in [0.25, 0.3) is 5.91 Å². The zero-order valence-electron chi connectivity index (χ0n) is 16.6. The zero-order chi connectivity index (χ0) is 19.6. The van der Waals surface area contributed by atoms with Gasteiger partial charge in [0.05, 0.1) is 18.6 Å². The van der Waals surface area contributed by atoms with E-state index < -0.39 is 0 Å². The highest BCUT2D eigenvalue weighted by atomic mass is 16.2. The minimum atomic E-state index is 0.0819. The summed E-state index contributed by atoms with van der Waals surface area (Å²) >= 11 is 0. The predicted molar refractivity (Wildman–Crippen MR) is 114 cm³/mol. The summed E-state index contributed by atoms with van der Waals surface area (Å²) in [5, 5.41) is 2.46. The highest BCUT2D eigenvalue weighted by Crippen LogP contribution is 2.37. The van der Waals surface area contributed by atoms with Gasteiger partial charge in [-0.2, -0.15) is 0 Å². The summed E-state index contributed by atoms with van der Waals surface area (Å²) in [6.45, 7) is 3.29. The van der Waals surface area contributed by atoms with Crippen molar-refractivity contribution in [3.63, 3.8) is 0 Å². The molecule has 1 fully saturated rings. The molecule has 1 N–H and O–H groups in total. The number of hydrogen-bond acceptors (Lipinski definition) is 3. The van der Waals surface area contributed by atoms with Crippen molar-refractivity contribution in [3.8, 4) is 0 Å². The van der Waals surface area contributed by atoms with Gasteiger partial charge < -0.3 is 14.8 Å². The highest BCUT2D eigenvalue weighted by Gasteiger charge is 2.34. The number of nitrogens with one attached hydrogen (secondary N) is 1. The zero-order valence-corrected chi connectivity index (χ0v) is 16.6. The summed E-state index contributed by atoms with van der Waals surface area (Å²) < 4.78 is 0. The SMILES string of the molecule is O=C(C1=CN(Cc2cnc[nH]2)CC1c1cccc2ccccc12)N1CCCCC1. The first-order valence-electron chi connectivity index (χ1n) is 10.5. The summed E-state index contributed by atoms with van der Waals surface area (Å²) in [6, 6.07) is 14.9. The Balaban J connectivity index is 1.51. The summed E-state index contributed by atoms with van der Waals surface area (Å²) in [5.74, 6) is 0.285. The molecule has 3 aromatic rings. The molecule has 5 nitrogen and oxygen atoms in total. The largest absolute Gasteiger partial charge is 0.370 e. The van der Waals surface area contributed by atoms with Crippen molar-refractivity contribution >= 4 is 16.7 Å². The number of rotatable bonds is 4. The van der Waals surface area contributed by atoms with Crippen molar-refractivity contribution < 1.29 is 4.79 Å². The van der Waals surface area contributed by atoms with Crippen LogP contribution >= 0.6 is 0 Å². The molecule has 0 radical (unpaired) electrons.